The van der Waals surface area contributed by atoms with Crippen LogP contribution in [-0.4, -0.2) is 6.03 Å². The predicted octanol–water partition coefficient (Wildman–Crippen LogP) is 0.175. The number of hydrogen-bond donors (Lipinski definition) is 1. The minimum Gasteiger partial charge on any atom is -0.311 e. The molecule has 7 heavy (non-hydrogen) atoms. The summed E-state index contributed by atoms with van der Waals surface area (Å²) in [6, 6.07) is -0.266. The van der Waals surface area contributed by atoms with Crippen molar-refractivity contribution in [3.05, 3.63) is 11.9 Å². The van der Waals surface area contributed by atoms with Gasteiger partial charge in [0.25, 0.3) is 0 Å². The first-order valence-electron chi connectivity index (χ1n) is 1.98. The topological polar surface area (TPSA) is 43.2 Å². The Balaban J connectivity index is 2.58. The molecule has 0 fully saturated rings. The van der Waals surface area contributed by atoms with E-state index in [9.17, 15) is 4.79 Å². The Labute approximate surface area is 41.4 Å². The number of urea groups is 1. The molecule has 2 amide bonds. The highest BCUT2D eigenvalue weighted by molar-refractivity contribution is 5.79. The molecule has 1 heterocycles. The predicted molar refractivity (Wildman–Crippen MR) is 24.4 cm³/mol. The largest absolute Gasteiger partial charge is 0.345 e. The lowest BCUT2D eigenvalue weighted by Crippen LogP contribution is -2.15. The highest BCUT2D eigenvalue weighted by Gasteiger charge is 2.06. The van der Waals surface area contributed by atoms with Gasteiger partial charge >= 0.3 is 6.03 Å². The monoisotopic (exact) mass is 97.0 g/mol. The highest BCUT2D eigenvalue weighted by atomic mass is 16.2. The van der Waals surface area contributed by atoms with Crippen molar-refractivity contribution in [1.29, 1.82) is 0 Å². The zero-order valence-electron chi connectivity index (χ0n) is 3.93. The summed E-state index contributed by atoms with van der Waals surface area (Å²) in [5.74, 6) is 0. The Bertz CT molecular complexity index is 128. The fourth-order valence-corrected chi connectivity index (χ4v) is 0.391. The lowest BCUT2D eigenvalue weighted by atomic mass is 10.6. The molecule has 1 aliphatic rings. The van der Waals surface area contributed by atoms with Crippen LogP contribution in [0.25, 0.3) is 0 Å². The second-order valence-corrected chi connectivity index (χ2v) is 1.35. The molecule has 0 aromatic heterocycles. The molecular formula is C4H5N2O. The van der Waals surface area contributed by atoms with Gasteiger partial charge in [0.2, 0.25) is 0 Å². The summed E-state index contributed by atoms with van der Waals surface area (Å²) < 4.78 is 0. The van der Waals surface area contributed by atoms with Crippen molar-refractivity contribution < 1.29 is 4.79 Å². The van der Waals surface area contributed by atoms with Gasteiger partial charge in [-0.3, -0.25) is 0 Å². The van der Waals surface area contributed by atoms with E-state index >= 15 is 0 Å². The van der Waals surface area contributed by atoms with E-state index in [4.69, 9.17) is 0 Å². The van der Waals surface area contributed by atoms with E-state index in [1.807, 2.05) is 0 Å². The third kappa shape index (κ3) is 0.707. The molecule has 1 aliphatic heterocycles. The van der Waals surface area contributed by atoms with E-state index in [1.54, 1.807) is 13.1 Å². The Hall–Kier alpha value is -0.990. The number of nitrogens with one attached hydrogen (secondary N) is 1. The van der Waals surface area contributed by atoms with Gasteiger partial charge in [0.15, 0.2) is 0 Å². The average Bonchev–Trinajstić information content (AvgIpc) is 1.87. The van der Waals surface area contributed by atoms with E-state index in [0.29, 0.717) is 0 Å². The van der Waals surface area contributed by atoms with Gasteiger partial charge in [0.05, 0.1) is 5.70 Å². The third-order valence-electron chi connectivity index (χ3n) is 0.682. The zero-order chi connectivity index (χ0) is 5.28. The molecule has 1 radical (unpaired) electrons. The Morgan fingerprint density at radius 2 is 2.57 bits per heavy atom. The molecule has 1 N–H and O–H groups in total. The average molecular weight is 97.1 g/mol. The lowest BCUT2D eigenvalue weighted by Gasteiger charge is -1.81. The molecule has 0 spiro atoms. The van der Waals surface area contributed by atoms with Gasteiger partial charge in [0.1, 0.15) is 0 Å². The number of allylic oxidation sites excluding steroid dienone is 1. The first-order valence-corrected chi connectivity index (χ1v) is 1.98. The molecule has 0 unspecified atom stereocenters. The summed E-state index contributed by atoms with van der Waals surface area (Å²) in [4.78, 5) is 10.1. The molecule has 0 aromatic carbocycles. The van der Waals surface area contributed by atoms with Gasteiger partial charge in [-0.2, -0.15) is 5.32 Å². The number of carbonyl (C=O) groups excluding carboxylic acids is 1. The number of nitrogens with zero attached hydrogens (tertiary/aromatic N) is 1. The van der Waals surface area contributed by atoms with Crippen LogP contribution < -0.4 is 10.6 Å². The van der Waals surface area contributed by atoms with Crippen molar-refractivity contribution in [3.63, 3.8) is 0 Å². The van der Waals surface area contributed by atoms with Gasteiger partial charge in [-0.05, 0) is 6.92 Å². The van der Waals surface area contributed by atoms with Crippen LogP contribution >= 0.6 is 0 Å². The van der Waals surface area contributed by atoms with Crippen LogP contribution in [0.5, 0.6) is 0 Å². The van der Waals surface area contributed by atoms with Gasteiger partial charge < -0.3 is 5.32 Å². The van der Waals surface area contributed by atoms with Gasteiger partial charge in [0, 0.05) is 6.20 Å². The summed E-state index contributed by atoms with van der Waals surface area (Å²) >= 11 is 0. The van der Waals surface area contributed by atoms with Crippen LogP contribution in [0.2, 0.25) is 0 Å². The second kappa shape index (κ2) is 1.26. The molecule has 0 saturated carbocycles. The minimum atomic E-state index is -0.266. The van der Waals surface area contributed by atoms with Crippen LogP contribution in [0.1, 0.15) is 6.92 Å². The maximum atomic E-state index is 10.1. The maximum absolute atomic E-state index is 10.1. The van der Waals surface area contributed by atoms with Gasteiger partial charge in [-0.1, -0.05) is 0 Å². The van der Waals surface area contributed by atoms with Crippen LogP contribution in [-0.2, 0) is 0 Å². The highest BCUT2D eigenvalue weighted by Crippen LogP contribution is 1.91. The van der Waals surface area contributed by atoms with Crippen molar-refractivity contribution in [3.8, 4) is 0 Å². The molecule has 0 aliphatic carbocycles. The van der Waals surface area contributed by atoms with Crippen molar-refractivity contribution >= 4 is 6.03 Å². The van der Waals surface area contributed by atoms with Crippen LogP contribution in [0.15, 0.2) is 11.9 Å². The minimum absolute atomic E-state index is 0.266. The molecular weight excluding hydrogens is 92.1 g/mol. The normalized spacial score (nSPS) is 17.9. The number of amides is 2. The Morgan fingerprint density at radius 1 is 1.86 bits per heavy atom. The second-order valence-electron chi connectivity index (χ2n) is 1.35. The van der Waals surface area contributed by atoms with Crippen molar-refractivity contribution in [1.82, 2.24) is 10.6 Å². The van der Waals surface area contributed by atoms with Gasteiger partial charge in [-0.15, -0.1) is 0 Å². The summed E-state index contributed by atoms with van der Waals surface area (Å²) in [5.41, 5.74) is 0.741. The number of hydrogen-bond acceptors (Lipinski definition) is 1. The Morgan fingerprint density at radius 3 is 2.71 bits per heavy atom. The molecule has 3 heteroatoms. The molecule has 0 saturated heterocycles. The first kappa shape index (κ1) is 4.18. The lowest BCUT2D eigenvalue weighted by molar-refractivity contribution is 0.248. The first-order chi connectivity index (χ1) is 3.29. The Kier molecular flexibility index (Phi) is 0.749. The SMILES string of the molecule is CC1=CNC(=O)[N]1. The van der Waals surface area contributed by atoms with E-state index < -0.39 is 0 Å². The fourth-order valence-electron chi connectivity index (χ4n) is 0.391. The van der Waals surface area contributed by atoms with Crippen molar-refractivity contribution in [2.75, 3.05) is 0 Å². The van der Waals surface area contributed by atoms with Crippen LogP contribution in [0.3, 0.4) is 0 Å². The molecule has 37 valence electrons. The van der Waals surface area contributed by atoms with E-state index in [-0.39, 0.29) is 6.03 Å². The van der Waals surface area contributed by atoms with Gasteiger partial charge in [-0.25, -0.2) is 4.79 Å². The fraction of sp³-hybridized carbons (Fsp3) is 0.250. The van der Waals surface area contributed by atoms with Crippen LogP contribution in [0.4, 0.5) is 4.79 Å². The quantitative estimate of drug-likeness (QED) is 0.460. The standard InChI is InChI=1S/C4H5N2O/c1-3-2-5-4(7)6-3/h2H,1H3,(H,5,7). The summed E-state index contributed by atoms with van der Waals surface area (Å²) in [6.45, 7) is 1.76. The summed E-state index contributed by atoms with van der Waals surface area (Å²) in [7, 11) is 0. The number of carbonyl (C=O) groups is 1. The molecule has 0 atom stereocenters. The molecule has 3 nitrogen and oxygen atoms in total. The van der Waals surface area contributed by atoms with Crippen molar-refractivity contribution in [2.45, 2.75) is 6.92 Å². The van der Waals surface area contributed by atoms with E-state index in [1.165, 1.54) is 0 Å². The molecule has 1 rings (SSSR count). The molecule has 0 bridgehead atoms. The van der Waals surface area contributed by atoms with E-state index in [0.717, 1.165) is 5.70 Å². The van der Waals surface area contributed by atoms with Crippen molar-refractivity contribution in [2.24, 2.45) is 0 Å². The maximum Gasteiger partial charge on any atom is 0.345 e. The summed E-state index contributed by atoms with van der Waals surface area (Å²) in [5, 5.41) is 5.90. The van der Waals surface area contributed by atoms with Crippen LogP contribution in [0, 0.1) is 0 Å². The zero-order valence-corrected chi connectivity index (χ0v) is 3.93. The van der Waals surface area contributed by atoms with E-state index in [2.05, 4.69) is 10.6 Å². The number of rotatable bonds is 0. The smallest absolute Gasteiger partial charge is 0.311 e. The summed E-state index contributed by atoms with van der Waals surface area (Å²) in [6.07, 6.45) is 1.57. The third-order valence-corrected chi connectivity index (χ3v) is 0.682. The molecule has 0 aromatic rings.